The number of nitrogens with zero attached hydrogens (tertiary/aromatic N) is 4. The quantitative estimate of drug-likeness (QED) is 0.195. The molecule has 3 aromatic heterocycles. The van der Waals surface area contributed by atoms with Gasteiger partial charge in [0.1, 0.15) is 16.3 Å². The molecule has 4 aromatic rings. The first kappa shape index (κ1) is 26.8. The fourth-order valence-corrected chi connectivity index (χ4v) is 7.80. The molecule has 0 radical (unpaired) electrons. The molecule has 8 heteroatoms. The Hall–Kier alpha value is -3.10. The number of hydrogen-bond acceptors (Lipinski definition) is 8. The average Bonchev–Trinajstić information content (AvgIpc) is 3.49. The second-order valence-corrected chi connectivity index (χ2v) is 14.1. The van der Waals surface area contributed by atoms with Gasteiger partial charge in [-0.15, -0.1) is 11.3 Å². The third kappa shape index (κ3) is 5.56. The maximum absolute atomic E-state index is 10.6. The molecule has 7 rings (SSSR count). The number of rotatable bonds is 9. The smallest absolute Gasteiger partial charge is 0.224 e. The summed E-state index contributed by atoms with van der Waals surface area (Å²) in [4.78, 5) is 19.8. The molecule has 0 amide bonds. The Morgan fingerprint density at radius 1 is 0.951 bits per heavy atom. The fraction of sp³-hybridized carbons (Fsp3) is 0.515. The number of pyridine rings is 1. The summed E-state index contributed by atoms with van der Waals surface area (Å²) < 4.78 is 1.17. The number of nitrogens with one attached hydrogen (secondary N) is 2. The predicted molar refractivity (Wildman–Crippen MR) is 167 cm³/mol. The Balaban J connectivity index is 1.14. The van der Waals surface area contributed by atoms with Crippen molar-refractivity contribution in [2.75, 3.05) is 17.2 Å². The van der Waals surface area contributed by atoms with Crippen LogP contribution in [0.15, 0.2) is 42.6 Å². The van der Waals surface area contributed by atoms with Gasteiger partial charge in [0.15, 0.2) is 0 Å². The van der Waals surface area contributed by atoms with Gasteiger partial charge in [-0.25, -0.2) is 9.97 Å². The van der Waals surface area contributed by atoms with E-state index in [4.69, 9.17) is 19.9 Å². The summed E-state index contributed by atoms with van der Waals surface area (Å²) in [6.07, 6.45) is 9.66. The lowest BCUT2D eigenvalue weighted by Gasteiger charge is -2.35. The number of aromatic nitrogens is 4. The van der Waals surface area contributed by atoms with E-state index >= 15 is 0 Å². The van der Waals surface area contributed by atoms with Gasteiger partial charge in [0, 0.05) is 24.7 Å². The Bertz CT molecular complexity index is 1540. The van der Waals surface area contributed by atoms with Crippen LogP contribution in [0.2, 0.25) is 0 Å². The highest BCUT2D eigenvalue weighted by Gasteiger charge is 2.36. The van der Waals surface area contributed by atoms with Crippen LogP contribution in [0.1, 0.15) is 87.6 Å². The van der Waals surface area contributed by atoms with E-state index in [9.17, 15) is 5.11 Å². The van der Waals surface area contributed by atoms with Gasteiger partial charge in [-0.1, -0.05) is 30.3 Å². The molecule has 1 aromatic carbocycles. The molecule has 41 heavy (non-hydrogen) atoms. The van der Waals surface area contributed by atoms with E-state index in [1.165, 1.54) is 35.9 Å². The highest BCUT2D eigenvalue weighted by atomic mass is 32.1. The zero-order valence-corrected chi connectivity index (χ0v) is 25.0. The molecule has 2 unspecified atom stereocenters. The molecule has 3 aliphatic carbocycles. The van der Waals surface area contributed by atoms with Gasteiger partial charge in [0.2, 0.25) is 5.95 Å². The lowest BCUT2D eigenvalue weighted by atomic mass is 9.71. The lowest BCUT2D eigenvalue weighted by molar-refractivity contribution is 0.0197. The lowest BCUT2D eigenvalue weighted by Crippen LogP contribution is -2.30. The summed E-state index contributed by atoms with van der Waals surface area (Å²) >= 11 is 1.70. The van der Waals surface area contributed by atoms with Crippen molar-refractivity contribution in [1.29, 1.82) is 0 Å². The molecule has 2 atom stereocenters. The van der Waals surface area contributed by atoms with Crippen LogP contribution in [0.3, 0.4) is 0 Å². The molecule has 0 spiro atoms. The van der Waals surface area contributed by atoms with Gasteiger partial charge < -0.3 is 15.7 Å². The first-order chi connectivity index (χ1) is 19.8. The Morgan fingerprint density at radius 3 is 2.49 bits per heavy atom. The van der Waals surface area contributed by atoms with Gasteiger partial charge in [0.25, 0.3) is 0 Å². The summed E-state index contributed by atoms with van der Waals surface area (Å²) in [6, 6.07) is 13.2. The van der Waals surface area contributed by atoms with E-state index < -0.39 is 5.60 Å². The molecular formula is C33H40N6OS. The molecule has 7 nitrogen and oxygen atoms in total. The topological polar surface area (TPSA) is 95.9 Å². The van der Waals surface area contributed by atoms with E-state index in [1.54, 1.807) is 11.3 Å². The van der Waals surface area contributed by atoms with Gasteiger partial charge in [-0.2, -0.15) is 4.98 Å². The number of benzene rings is 1. The summed E-state index contributed by atoms with van der Waals surface area (Å²) in [7, 11) is 0. The minimum absolute atomic E-state index is 0.253. The van der Waals surface area contributed by atoms with Crippen LogP contribution in [0.5, 0.6) is 0 Å². The highest BCUT2D eigenvalue weighted by Crippen LogP contribution is 2.45. The minimum Gasteiger partial charge on any atom is -0.390 e. The molecule has 3 aliphatic rings. The van der Waals surface area contributed by atoms with Gasteiger partial charge >= 0.3 is 0 Å². The van der Waals surface area contributed by atoms with E-state index in [0.717, 1.165) is 59.1 Å². The number of anilines is 2. The number of aryl methyl sites for hydroxylation is 1. The van der Waals surface area contributed by atoms with Crippen molar-refractivity contribution >= 4 is 33.3 Å². The van der Waals surface area contributed by atoms with Gasteiger partial charge in [-0.3, -0.25) is 4.98 Å². The van der Waals surface area contributed by atoms with Crippen LogP contribution in [0.4, 0.5) is 11.8 Å². The second-order valence-electron chi connectivity index (χ2n) is 13.0. The summed E-state index contributed by atoms with van der Waals surface area (Å²) in [5, 5.41) is 18.9. The molecular weight excluding hydrogens is 528 g/mol. The zero-order valence-electron chi connectivity index (χ0n) is 24.2. The fourth-order valence-electron chi connectivity index (χ4n) is 6.73. The number of fused-ring (bicyclic) bond motifs is 1. The minimum atomic E-state index is -0.673. The molecule has 3 saturated carbocycles. The summed E-state index contributed by atoms with van der Waals surface area (Å²) in [6.45, 7) is 6.81. The van der Waals surface area contributed by atoms with E-state index in [-0.39, 0.29) is 12.0 Å². The third-order valence-electron chi connectivity index (χ3n) is 9.43. The van der Waals surface area contributed by atoms with Crippen molar-refractivity contribution < 1.29 is 5.11 Å². The van der Waals surface area contributed by atoms with Crippen molar-refractivity contribution in [2.45, 2.75) is 89.2 Å². The number of aliphatic hydroxyl groups is 1. The second kappa shape index (κ2) is 10.6. The first-order valence-corrected chi connectivity index (χ1v) is 16.1. The van der Waals surface area contributed by atoms with Gasteiger partial charge in [0.05, 0.1) is 27.3 Å². The monoisotopic (exact) mass is 568 g/mol. The largest absolute Gasteiger partial charge is 0.390 e. The molecule has 3 N–H and O–H groups in total. The van der Waals surface area contributed by atoms with Crippen molar-refractivity contribution in [3.8, 4) is 10.6 Å². The van der Waals surface area contributed by atoms with E-state index in [2.05, 4.69) is 54.0 Å². The Labute approximate surface area is 246 Å². The summed E-state index contributed by atoms with van der Waals surface area (Å²) in [5.74, 6) is 3.62. The molecule has 0 saturated heterocycles. The van der Waals surface area contributed by atoms with Crippen molar-refractivity contribution in [3.63, 3.8) is 0 Å². The number of thiazole rings is 1. The van der Waals surface area contributed by atoms with Crippen LogP contribution >= 0.6 is 11.3 Å². The van der Waals surface area contributed by atoms with Crippen LogP contribution in [-0.2, 0) is 0 Å². The predicted octanol–water partition coefficient (Wildman–Crippen LogP) is 7.29. The SMILES string of the molecule is Cc1nc(NCC2CC(c3ccccc3)C2)nc(NC2CCC(C(C)(C)O)C2)c1-c1nc2c(C3CC3)nccc2s1. The van der Waals surface area contributed by atoms with Crippen molar-refractivity contribution in [3.05, 3.63) is 59.5 Å². The van der Waals surface area contributed by atoms with Crippen molar-refractivity contribution in [2.24, 2.45) is 11.8 Å². The maximum Gasteiger partial charge on any atom is 0.224 e. The van der Waals surface area contributed by atoms with Crippen LogP contribution in [0, 0.1) is 18.8 Å². The average molecular weight is 569 g/mol. The normalized spacial score (nSPS) is 24.4. The molecule has 3 fully saturated rings. The molecule has 0 aliphatic heterocycles. The molecule has 214 valence electrons. The van der Waals surface area contributed by atoms with Crippen molar-refractivity contribution in [1.82, 2.24) is 19.9 Å². The zero-order chi connectivity index (χ0) is 28.1. The first-order valence-electron chi connectivity index (χ1n) is 15.2. The van der Waals surface area contributed by atoms with Crippen LogP contribution < -0.4 is 10.6 Å². The highest BCUT2D eigenvalue weighted by molar-refractivity contribution is 7.21. The van der Waals surface area contributed by atoms with Crippen LogP contribution in [0.25, 0.3) is 20.8 Å². The third-order valence-corrected chi connectivity index (χ3v) is 10.5. The van der Waals surface area contributed by atoms with Gasteiger partial charge in [-0.05, 0) is 95.1 Å². The van der Waals surface area contributed by atoms with E-state index in [1.807, 2.05) is 20.0 Å². The molecule has 3 heterocycles. The van der Waals surface area contributed by atoms with Crippen LogP contribution in [-0.4, -0.2) is 43.2 Å². The Morgan fingerprint density at radius 2 is 1.76 bits per heavy atom. The molecule has 0 bridgehead atoms. The summed E-state index contributed by atoms with van der Waals surface area (Å²) in [5.41, 5.74) is 4.85. The van der Waals surface area contributed by atoms with E-state index in [0.29, 0.717) is 23.7 Å². The maximum atomic E-state index is 10.6. The Kier molecular flexibility index (Phi) is 6.94. The number of hydrogen-bond donors (Lipinski definition) is 3. The standard InChI is InChI=1S/C33H40N6OS/c1-19-27(31-38-29-26(41-31)13-14-34-28(29)22-9-10-22)30(37-25-12-11-24(17-25)33(2,3)40)39-32(36-19)35-18-20-15-23(16-20)21-7-5-4-6-8-21/h4-8,13-14,20,22-25,40H,9-12,15-18H2,1-3H3,(H2,35,36,37,39).